The van der Waals surface area contributed by atoms with Crippen LogP contribution in [0.1, 0.15) is 106 Å². The fourth-order valence-electron chi connectivity index (χ4n) is 9.88. The van der Waals surface area contributed by atoms with Crippen molar-refractivity contribution in [3.8, 4) is 0 Å². The summed E-state index contributed by atoms with van der Waals surface area (Å²) < 4.78 is 0. The molecule has 4 aliphatic carbocycles. The van der Waals surface area contributed by atoms with Crippen LogP contribution in [0.15, 0.2) is 0 Å². The largest absolute Gasteiger partial charge is 0.393 e. The van der Waals surface area contributed by atoms with Crippen molar-refractivity contribution in [1.29, 1.82) is 0 Å². The van der Waals surface area contributed by atoms with Crippen LogP contribution in [0.25, 0.3) is 0 Å². The molecule has 0 aromatic heterocycles. The van der Waals surface area contributed by atoms with E-state index in [4.69, 9.17) is 0 Å². The van der Waals surface area contributed by atoms with Gasteiger partial charge in [-0.1, -0.05) is 41.5 Å². The number of rotatable bonds is 5. The van der Waals surface area contributed by atoms with Crippen LogP contribution >= 0.6 is 0 Å². The van der Waals surface area contributed by atoms with E-state index in [1.165, 1.54) is 44.9 Å². The van der Waals surface area contributed by atoms with Crippen LogP contribution in [0.3, 0.4) is 0 Å². The fourth-order valence-corrected chi connectivity index (χ4v) is 9.88. The predicted molar refractivity (Wildman–Crippen MR) is 125 cm³/mol. The van der Waals surface area contributed by atoms with Gasteiger partial charge in [-0.2, -0.15) is 0 Å². The van der Waals surface area contributed by atoms with Gasteiger partial charge in [0.15, 0.2) is 0 Å². The quantitative estimate of drug-likeness (QED) is 0.522. The zero-order valence-electron chi connectivity index (χ0n) is 20.7. The molecule has 1 unspecified atom stereocenters. The van der Waals surface area contributed by atoms with Crippen molar-refractivity contribution in [3.63, 3.8) is 0 Å². The van der Waals surface area contributed by atoms with E-state index in [2.05, 4.69) is 41.5 Å². The monoisotopic (exact) mass is 418 g/mol. The van der Waals surface area contributed by atoms with Gasteiger partial charge >= 0.3 is 0 Å². The van der Waals surface area contributed by atoms with Gasteiger partial charge in [-0.15, -0.1) is 0 Å². The SMILES string of the molecule is CC(C)CC(C)C[C@@H](C)[C@H]1CC[C@H]2[C@@H]3[C@H](O)C[C@@H]4C[C@H](O)CC[C@]4(C)[C@H]3CC[C@]12C. The molecule has 2 N–H and O–H groups in total. The van der Waals surface area contributed by atoms with E-state index in [1.54, 1.807) is 0 Å². The van der Waals surface area contributed by atoms with E-state index in [0.717, 1.165) is 42.9 Å². The maximum Gasteiger partial charge on any atom is 0.0577 e. The van der Waals surface area contributed by atoms with E-state index < -0.39 is 0 Å². The lowest BCUT2D eigenvalue weighted by Crippen LogP contribution is -2.58. The van der Waals surface area contributed by atoms with Gasteiger partial charge in [-0.05, 0) is 122 Å². The summed E-state index contributed by atoms with van der Waals surface area (Å²) in [6, 6.07) is 0. The maximum absolute atomic E-state index is 11.4. The number of fused-ring (bicyclic) bond motifs is 5. The van der Waals surface area contributed by atoms with Gasteiger partial charge in [0.05, 0.1) is 12.2 Å². The minimum absolute atomic E-state index is 0.134. The third kappa shape index (κ3) is 3.81. The zero-order valence-corrected chi connectivity index (χ0v) is 20.7. The van der Waals surface area contributed by atoms with Crippen molar-refractivity contribution >= 4 is 0 Å². The van der Waals surface area contributed by atoms with E-state index in [-0.39, 0.29) is 12.2 Å². The highest BCUT2D eigenvalue weighted by atomic mass is 16.3. The Bertz CT molecular complexity index is 601. The number of aliphatic hydroxyl groups is 2. The molecule has 30 heavy (non-hydrogen) atoms. The smallest absolute Gasteiger partial charge is 0.0577 e. The molecule has 0 radical (unpaired) electrons. The molecule has 0 aromatic carbocycles. The Morgan fingerprint density at radius 1 is 0.800 bits per heavy atom. The van der Waals surface area contributed by atoms with Gasteiger partial charge in [-0.25, -0.2) is 0 Å². The molecule has 4 fully saturated rings. The van der Waals surface area contributed by atoms with E-state index in [1.807, 2.05) is 0 Å². The van der Waals surface area contributed by atoms with E-state index in [9.17, 15) is 10.2 Å². The Morgan fingerprint density at radius 2 is 1.47 bits per heavy atom. The molecule has 0 bridgehead atoms. The third-order valence-corrected chi connectivity index (χ3v) is 11.1. The van der Waals surface area contributed by atoms with Crippen LogP contribution < -0.4 is 0 Å². The standard InChI is InChI=1S/C28H50O2/c1-17(2)13-18(3)14-19(4)22-7-8-23-26-24(10-12-28(22,23)6)27(5)11-9-21(29)15-20(27)16-25(26)30/h17-26,29-30H,7-16H2,1-6H3/t18?,19-,20+,21-,22-,23+,24+,25-,26+,27+,28-/m1/s1. The molecule has 174 valence electrons. The van der Waals surface area contributed by atoms with E-state index in [0.29, 0.717) is 34.5 Å². The second-order valence-electron chi connectivity index (χ2n) is 13.4. The second kappa shape index (κ2) is 8.36. The first-order chi connectivity index (χ1) is 14.1. The normalized spacial score (nSPS) is 50.5. The summed E-state index contributed by atoms with van der Waals surface area (Å²) in [4.78, 5) is 0. The fraction of sp³-hybridized carbons (Fsp3) is 1.00. The molecular formula is C28H50O2. The van der Waals surface area contributed by atoms with Gasteiger partial charge in [0.2, 0.25) is 0 Å². The summed E-state index contributed by atoms with van der Waals surface area (Å²) in [5.41, 5.74) is 0.774. The molecular weight excluding hydrogens is 368 g/mol. The average Bonchev–Trinajstić information content (AvgIpc) is 2.99. The number of hydrogen-bond donors (Lipinski definition) is 2. The number of aliphatic hydroxyl groups excluding tert-OH is 2. The lowest BCUT2D eigenvalue weighted by atomic mass is 9.43. The maximum atomic E-state index is 11.4. The molecule has 0 heterocycles. The molecule has 0 amide bonds. The Balaban J connectivity index is 1.51. The number of hydrogen-bond acceptors (Lipinski definition) is 2. The molecule has 4 aliphatic rings. The Kier molecular flexibility index (Phi) is 6.44. The van der Waals surface area contributed by atoms with Gasteiger partial charge in [0.1, 0.15) is 0 Å². The molecule has 0 saturated heterocycles. The first kappa shape index (κ1) is 23.1. The van der Waals surface area contributed by atoms with Crippen LogP contribution in [-0.2, 0) is 0 Å². The minimum atomic E-state index is -0.142. The average molecular weight is 419 g/mol. The first-order valence-electron chi connectivity index (χ1n) is 13.4. The molecule has 4 rings (SSSR count). The van der Waals surface area contributed by atoms with Crippen molar-refractivity contribution in [1.82, 2.24) is 0 Å². The highest BCUT2D eigenvalue weighted by molar-refractivity contribution is 5.11. The summed E-state index contributed by atoms with van der Waals surface area (Å²) in [5.74, 6) is 5.68. The van der Waals surface area contributed by atoms with Crippen molar-refractivity contribution < 1.29 is 10.2 Å². The summed E-state index contributed by atoms with van der Waals surface area (Å²) in [6.07, 6.45) is 11.8. The molecule has 0 aliphatic heterocycles. The predicted octanol–water partition coefficient (Wildman–Crippen LogP) is 6.69. The lowest BCUT2D eigenvalue weighted by molar-refractivity contribution is -0.174. The lowest BCUT2D eigenvalue weighted by Gasteiger charge is -2.62. The second-order valence-corrected chi connectivity index (χ2v) is 13.4. The Hall–Kier alpha value is -0.0800. The van der Waals surface area contributed by atoms with Crippen LogP contribution in [0.4, 0.5) is 0 Å². The van der Waals surface area contributed by atoms with E-state index >= 15 is 0 Å². The molecule has 4 saturated carbocycles. The highest BCUT2D eigenvalue weighted by Gasteiger charge is 2.62. The summed E-state index contributed by atoms with van der Waals surface area (Å²) in [5, 5.41) is 21.7. The van der Waals surface area contributed by atoms with Crippen molar-refractivity contribution in [2.45, 2.75) is 118 Å². The minimum Gasteiger partial charge on any atom is -0.393 e. The third-order valence-electron chi connectivity index (χ3n) is 11.1. The van der Waals surface area contributed by atoms with Gasteiger partial charge < -0.3 is 10.2 Å². The highest BCUT2D eigenvalue weighted by Crippen LogP contribution is 2.68. The molecule has 2 heteroatoms. The van der Waals surface area contributed by atoms with Gasteiger partial charge in [0, 0.05) is 0 Å². The summed E-state index contributed by atoms with van der Waals surface area (Å²) in [6.45, 7) is 14.9. The summed E-state index contributed by atoms with van der Waals surface area (Å²) in [7, 11) is 0. The van der Waals surface area contributed by atoms with Crippen molar-refractivity contribution in [2.75, 3.05) is 0 Å². The van der Waals surface area contributed by atoms with Gasteiger partial charge in [0.25, 0.3) is 0 Å². The molecule has 11 atom stereocenters. The first-order valence-corrected chi connectivity index (χ1v) is 13.4. The van der Waals surface area contributed by atoms with Crippen LogP contribution in [0.2, 0.25) is 0 Å². The molecule has 0 spiro atoms. The Morgan fingerprint density at radius 3 is 2.17 bits per heavy atom. The zero-order chi connectivity index (χ0) is 21.8. The summed E-state index contributed by atoms with van der Waals surface area (Å²) >= 11 is 0. The topological polar surface area (TPSA) is 40.5 Å². The van der Waals surface area contributed by atoms with Crippen molar-refractivity contribution in [2.24, 2.45) is 58.2 Å². The van der Waals surface area contributed by atoms with Gasteiger partial charge in [-0.3, -0.25) is 0 Å². The molecule has 0 aromatic rings. The van der Waals surface area contributed by atoms with Crippen LogP contribution in [0, 0.1) is 58.2 Å². The van der Waals surface area contributed by atoms with Crippen LogP contribution in [-0.4, -0.2) is 22.4 Å². The molecule has 2 nitrogen and oxygen atoms in total. The van der Waals surface area contributed by atoms with Crippen LogP contribution in [0.5, 0.6) is 0 Å². The Labute approximate surface area is 186 Å². The van der Waals surface area contributed by atoms with Crippen molar-refractivity contribution in [3.05, 3.63) is 0 Å².